The lowest BCUT2D eigenvalue weighted by Crippen LogP contribution is -2.52. The van der Waals surface area contributed by atoms with Gasteiger partial charge in [0, 0.05) is 38.8 Å². The first-order valence-corrected chi connectivity index (χ1v) is 8.08. The van der Waals surface area contributed by atoms with E-state index in [1.807, 2.05) is 19.1 Å². The summed E-state index contributed by atoms with van der Waals surface area (Å²) in [4.78, 5) is 4.68. The van der Waals surface area contributed by atoms with Crippen molar-refractivity contribution in [1.82, 2.24) is 9.80 Å². The lowest BCUT2D eigenvalue weighted by atomic mass is 10.1. The standard InChI is InChI=1S/C17H26F2N2O2/c1-13-9-20(10-14(2)22)7-8-21(13)11-15-3-5-16(6-4-15)23-12-17(18)19/h3-6,13-14,17,22H,7-12H2,1-2H3/t13-,14-/m1/s1. The highest BCUT2D eigenvalue weighted by atomic mass is 19.3. The van der Waals surface area contributed by atoms with Gasteiger partial charge in [-0.2, -0.15) is 0 Å². The van der Waals surface area contributed by atoms with E-state index < -0.39 is 13.0 Å². The maximum absolute atomic E-state index is 12.1. The summed E-state index contributed by atoms with van der Waals surface area (Å²) in [5.41, 5.74) is 1.14. The van der Waals surface area contributed by atoms with E-state index in [9.17, 15) is 13.9 Å². The molecule has 0 bridgehead atoms. The van der Waals surface area contributed by atoms with Crippen molar-refractivity contribution in [3.8, 4) is 5.75 Å². The first-order chi connectivity index (χ1) is 10.9. The summed E-state index contributed by atoms with van der Waals surface area (Å²) in [7, 11) is 0. The summed E-state index contributed by atoms with van der Waals surface area (Å²) < 4.78 is 29.2. The van der Waals surface area contributed by atoms with Gasteiger partial charge in [0.05, 0.1) is 6.10 Å². The van der Waals surface area contributed by atoms with E-state index in [4.69, 9.17) is 4.74 Å². The molecule has 1 fully saturated rings. The third-order valence-electron chi connectivity index (χ3n) is 4.06. The minimum atomic E-state index is -2.45. The molecule has 6 heteroatoms. The van der Waals surface area contributed by atoms with Crippen LogP contribution in [0, 0.1) is 0 Å². The molecular weight excluding hydrogens is 302 g/mol. The first-order valence-electron chi connectivity index (χ1n) is 8.08. The zero-order valence-electron chi connectivity index (χ0n) is 13.8. The molecule has 0 aromatic heterocycles. The van der Waals surface area contributed by atoms with Gasteiger partial charge in [0.1, 0.15) is 12.4 Å². The normalized spacial score (nSPS) is 21.6. The zero-order valence-corrected chi connectivity index (χ0v) is 13.8. The molecule has 2 rings (SSSR count). The van der Waals surface area contributed by atoms with Crippen LogP contribution in [-0.2, 0) is 6.54 Å². The molecule has 1 aromatic rings. The maximum Gasteiger partial charge on any atom is 0.272 e. The molecule has 23 heavy (non-hydrogen) atoms. The van der Waals surface area contributed by atoms with Crippen molar-refractivity contribution in [2.24, 2.45) is 0 Å². The smallest absolute Gasteiger partial charge is 0.272 e. The molecular formula is C17H26F2N2O2. The lowest BCUT2D eigenvalue weighted by Gasteiger charge is -2.40. The topological polar surface area (TPSA) is 35.9 Å². The molecule has 0 radical (unpaired) electrons. The highest BCUT2D eigenvalue weighted by molar-refractivity contribution is 5.27. The Labute approximate surface area is 136 Å². The zero-order chi connectivity index (χ0) is 16.8. The number of alkyl halides is 2. The van der Waals surface area contributed by atoms with E-state index in [0.29, 0.717) is 18.3 Å². The van der Waals surface area contributed by atoms with E-state index in [1.165, 1.54) is 0 Å². The SMILES string of the molecule is C[C@@H]1CN(C[C@@H](C)O)CCN1Cc1ccc(OCC(F)F)cc1. The van der Waals surface area contributed by atoms with Crippen LogP contribution < -0.4 is 4.74 Å². The Hall–Kier alpha value is -1.24. The lowest BCUT2D eigenvalue weighted by molar-refractivity contribution is 0.0472. The number of β-amino-alcohol motifs (C(OH)–C–C–N with tert-alkyl or cyclic N) is 1. The molecule has 130 valence electrons. The molecule has 4 nitrogen and oxygen atoms in total. The molecule has 1 heterocycles. The van der Waals surface area contributed by atoms with Gasteiger partial charge in [0.15, 0.2) is 0 Å². The molecule has 0 spiro atoms. The number of halogens is 2. The minimum Gasteiger partial charge on any atom is -0.488 e. The van der Waals surface area contributed by atoms with E-state index in [0.717, 1.165) is 31.7 Å². The fraction of sp³-hybridized carbons (Fsp3) is 0.647. The van der Waals surface area contributed by atoms with Crippen LogP contribution in [0.4, 0.5) is 8.78 Å². The molecule has 1 N–H and O–H groups in total. The van der Waals surface area contributed by atoms with Crippen LogP contribution in [0.25, 0.3) is 0 Å². The van der Waals surface area contributed by atoms with Crippen molar-refractivity contribution in [2.75, 3.05) is 32.8 Å². The number of nitrogens with zero attached hydrogens (tertiary/aromatic N) is 2. The molecule has 1 aromatic carbocycles. The molecule has 1 aliphatic heterocycles. The summed E-state index contributed by atoms with van der Waals surface area (Å²) in [6.45, 7) is 7.83. The van der Waals surface area contributed by atoms with Crippen LogP contribution >= 0.6 is 0 Å². The van der Waals surface area contributed by atoms with Crippen LogP contribution in [0.3, 0.4) is 0 Å². The number of hydrogen-bond donors (Lipinski definition) is 1. The number of aliphatic hydroxyl groups excluding tert-OH is 1. The number of hydrogen-bond acceptors (Lipinski definition) is 4. The average molecular weight is 328 g/mol. The van der Waals surface area contributed by atoms with Crippen LogP contribution in [0.5, 0.6) is 5.75 Å². The minimum absolute atomic E-state index is 0.297. The van der Waals surface area contributed by atoms with Gasteiger partial charge in [-0.3, -0.25) is 9.80 Å². The predicted octanol–water partition coefficient (Wildman–Crippen LogP) is 2.22. The summed E-state index contributed by atoms with van der Waals surface area (Å²) in [5.74, 6) is 0.476. The monoisotopic (exact) mass is 328 g/mol. The fourth-order valence-electron chi connectivity index (χ4n) is 2.93. The van der Waals surface area contributed by atoms with Gasteiger partial charge >= 0.3 is 0 Å². The highest BCUT2D eigenvalue weighted by Gasteiger charge is 2.24. The second-order valence-corrected chi connectivity index (χ2v) is 6.27. The Kier molecular flexibility index (Phi) is 6.74. The van der Waals surface area contributed by atoms with Crippen molar-refractivity contribution in [3.05, 3.63) is 29.8 Å². The van der Waals surface area contributed by atoms with Crippen LogP contribution in [0.1, 0.15) is 19.4 Å². The number of aliphatic hydroxyl groups is 1. The first kappa shape index (κ1) is 18.1. The van der Waals surface area contributed by atoms with Crippen LogP contribution in [-0.4, -0.2) is 66.3 Å². The number of ether oxygens (including phenoxy) is 1. The summed E-state index contributed by atoms with van der Waals surface area (Å²) in [5, 5.41) is 9.48. The van der Waals surface area contributed by atoms with Crippen molar-refractivity contribution in [2.45, 2.75) is 39.0 Å². The molecule has 1 aliphatic rings. The summed E-state index contributed by atoms with van der Waals surface area (Å²) in [6.07, 6.45) is -2.75. The van der Waals surface area contributed by atoms with Gasteiger partial charge in [-0.15, -0.1) is 0 Å². The summed E-state index contributed by atoms with van der Waals surface area (Å²) >= 11 is 0. The van der Waals surface area contributed by atoms with E-state index in [1.54, 1.807) is 12.1 Å². The molecule has 0 aliphatic carbocycles. The Morgan fingerprint density at radius 2 is 1.96 bits per heavy atom. The van der Waals surface area contributed by atoms with E-state index in [2.05, 4.69) is 16.7 Å². The van der Waals surface area contributed by atoms with Crippen molar-refractivity contribution in [1.29, 1.82) is 0 Å². The average Bonchev–Trinajstić information content (AvgIpc) is 2.48. The van der Waals surface area contributed by atoms with Crippen molar-refractivity contribution >= 4 is 0 Å². The molecule has 0 amide bonds. The maximum atomic E-state index is 12.1. The van der Waals surface area contributed by atoms with Gasteiger partial charge in [0.2, 0.25) is 0 Å². The van der Waals surface area contributed by atoms with Crippen molar-refractivity contribution in [3.63, 3.8) is 0 Å². The van der Waals surface area contributed by atoms with Crippen LogP contribution in [0.15, 0.2) is 24.3 Å². The van der Waals surface area contributed by atoms with Gasteiger partial charge in [-0.1, -0.05) is 12.1 Å². The number of piperazine rings is 1. The van der Waals surface area contributed by atoms with Gasteiger partial charge in [-0.05, 0) is 31.5 Å². The van der Waals surface area contributed by atoms with E-state index >= 15 is 0 Å². The Balaban J connectivity index is 1.83. The molecule has 0 saturated carbocycles. The molecule has 0 unspecified atom stereocenters. The van der Waals surface area contributed by atoms with Gasteiger partial charge < -0.3 is 9.84 Å². The molecule has 1 saturated heterocycles. The Morgan fingerprint density at radius 3 is 2.52 bits per heavy atom. The third kappa shape index (κ3) is 6.05. The summed E-state index contributed by atoms with van der Waals surface area (Å²) in [6, 6.07) is 7.75. The van der Waals surface area contributed by atoms with Gasteiger partial charge in [0.25, 0.3) is 6.43 Å². The number of rotatable bonds is 7. The third-order valence-corrected chi connectivity index (χ3v) is 4.06. The fourth-order valence-corrected chi connectivity index (χ4v) is 2.93. The van der Waals surface area contributed by atoms with Crippen LogP contribution in [0.2, 0.25) is 0 Å². The Morgan fingerprint density at radius 1 is 1.26 bits per heavy atom. The second kappa shape index (κ2) is 8.57. The predicted molar refractivity (Wildman–Crippen MR) is 85.9 cm³/mol. The molecule has 2 atom stereocenters. The quantitative estimate of drug-likeness (QED) is 0.833. The Bertz CT molecular complexity index is 468. The highest BCUT2D eigenvalue weighted by Crippen LogP contribution is 2.17. The number of benzene rings is 1. The van der Waals surface area contributed by atoms with Gasteiger partial charge in [-0.25, -0.2) is 8.78 Å². The largest absolute Gasteiger partial charge is 0.488 e. The van der Waals surface area contributed by atoms with E-state index in [-0.39, 0.29) is 6.10 Å². The van der Waals surface area contributed by atoms with Crippen molar-refractivity contribution < 1.29 is 18.6 Å². The second-order valence-electron chi connectivity index (χ2n) is 6.27.